The van der Waals surface area contributed by atoms with Crippen molar-refractivity contribution >= 4 is 11.7 Å². The summed E-state index contributed by atoms with van der Waals surface area (Å²) in [7, 11) is 1.65. The zero-order valence-electron chi connectivity index (χ0n) is 14.2. The summed E-state index contributed by atoms with van der Waals surface area (Å²) in [6.07, 6.45) is 2.22. The highest BCUT2D eigenvalue weighted by molar-refractivity contribution is 5.94. The first-order valence-electron chi connectivity index (χ1n) is 8.25. The Kier molecular flexibility index (Phi) is 3.76. The summed E-state index contributed by atoms with van der Waals surface area (Å²) in [6.45, 7) is 2.04. The van der Waals surface area contributed by atoms with Crippen LogP contribution in [0.3, 0.4) is 0 Å². The molecule has 2 heterocycles. The fourth-order valence-electron chi connectivity index (χ4n) is 3.33. The molecule has 0 unspecified atom stereocenters. The Morgan fingerprint density at radius 1 is 1.12 bits per heavy atom. The van der Waals surface area contributed by atoms with Crippen LogP contribution in [0, 0.1) is 6.92 Å². The second-order valence-corrected chi connectivity index (χ2v) is 6.24. The van der Waals surface area contributed by atoms with Crippen LogP contribution < -0.4 is 10.1 Å². The molecule has 5 heteroatoms. The molecule has 0 saturated heterocycles. The molecular weight excluding hydrogens is 314 g/mol. The van der Waals surface area contributed by atoms with Gasteiger partial charge in [-0.3, -0.25) is 4.79 Å². The number of aryl methyl sites for hydroxylation is 1. The fraction of sp³-hybridized carbons (Fsp3) is 0.200. The number of anilines is 1. The third-order valence-corrected chi connectivity index (χ3v) is 4.61. The normalized spacial score (nSPS) is 16.2. The first kappa shape index (κ1) is 15.4. The molecule has 0 saturated carbocycles. The number of ether oxygens (including phenoxy) is 1. The summed E-state index contributed by atoms with van der Waals surface area (Å²) in [5, 5.41) is 7.50. The van der Waals surface area contributed by atoms with Gasteiger partial charge in [-0.1, -0.05) is 35.9 Å². The van der Waals surface area contributed by atoms with Gasteiger partial charge in [0, 0.05) is 23.5 Å². The summed E-state index contributed by atoms with van der Waals surface area (Å²) in [5.74, 6) is 1.43. The molecule has 0 radical (unpaired) electrons. The third-order valence-electron chi connectivity index (χ3n) is 4.61. The van der Waals surface area contributed by atoms with Crippen LogP contribution >= 0.6 is 0 Å². The molecule has 5 nitrogen and oxygen atoms in total. The SMILES string of the molecule is COc1ccccc1[C@H]1CC(=O)Nc2c1cnn2-c1ccc(C)cc1. The minimum Gasteiger partial charge on any atom is -0.496 e. The van der Waals surface area contributed by atoms with E-state index < -0.39 is 0 Å². The number of nitrogens with one attached hydrogen (secondary N) is 1. The number of nitrogens with zero attached hydrogens (tertiary/aromatic N) is 2. The van der Waals surface area contributed by atoms with Gasteiger partial charge in [0.25, 0.3) is 0 Å². The zero-order valence-corrected chi connectivity index (χ0v) is 14.2. The van der Waals surface area contributed by atoms with Gasteiger partial charge < -0.3 is 10.1 Å². The lowest BCUT2D eigenvalue weighted by Crippen LogP contribution is -2.24. The van der Waals surface area contributed by atoms with Crippen molar-refractivity contribution in [3.05, 3.63) is 71.4 Å². The highest BCUT2D eigenvalue weighted by Crippen LogP contribution is 2.41. The van der Waals surface area contributed by atoms with Crippen molar-refractivity contribution < 1.29 is 9.53 Å². The average Bonchev–Trinajstić information content (AvgIpc) is 3.05. The second kappa shape index (κ2) is 6.09. The zero-order chi connectivity index (χ0) is 17.4. The van der Waals surface area contributed by atoms with Crippen molar-refractivity contribution in [2.24, 2.45) is 0 Å². The van der Waals surface area contributed by atoms with Crippen molar-refractivity contribution in [3.8, 4) is 11.4 Å². The van der Waals surface area contributed by atoms with Crippen LogP contribution in [0.15, 0.2) is 54.7 Å². The van der Waals surface area contributed by atoms with Crippen molar-refractivity contribution in [3.63, 3.8) is 0 Å². The highest BCUT2D eigenvalue weighted by atomic mass is 16.5. The molecule has 1 aliphatic rings. The van der Waals surface area contributed by atoms with Gasteiger partial charge >= 0.3 is 0 Å². The Labute approximate surface area is 146 Å². The number of fused-ring (bicyclic) bond motifs is 1. The summed E-state index contributed by atoms with van der Waals surface area (Å²) in [6, 6.07) is 15.9. The predicted octanol–water partition coefficient (Wildman–Crippen LogP) is 3.66. The molecule has 1 N–H and O–H groups in total. The standard InChI is InChI=1S/C20H19N3O2/c1-13-7-9-14(10-8-13)23-20-17(12-21-23)16(11-19(24)22-20)15-5-3-4-6-18(15)25-2/h3-10,12,16H,11H2,1-2H3,(H,22,24)/t16-/m1/s1. The second-order valence-electron chi connectivity index (χ2n) is 6.24. The Balaban J connectivity index is 1.83. The number of benzene rings is 2. The quantitative estimate of drug-likeness (QED) is 0.796. The van der Waals surface area contributed by atoms with Gasteiger partial charge in [0.1, 0.15) is 11.6 Å². The molecule has 1 aliphatic heterocycles. The van der Waals surface area contributed by atoms with Gasteiger partial charge in [0.15, 0.2) is 0 Å². The molecule has 126 valence electrons. The minimum absolute atomic E-state index is 0.0164. The Bertz CT molecular complexity index is 928. The number of rotatable bonds is 3. The Morgan fingerprint density at radius 3 is 2.64 bits per heavy atom. The molecule has 4 rings (SSSR count). The average molecular weight is 333 g/mol. The van der Waals surface area contributed by atoms with Crippen LogP contribution in [0.1, 0.15) is 29.0 Å². The predicted molar refractivity (Wildman–Crippen MR) is 96.4 cm³/mol. The van der Waals surface area contributed by atoms with E-state index in [2.05, 4.69) is 10.4 Å². The topological polar surface area (TPSA) is 56.1 Å². The number of carbonyl (C=O) groups excluding carboxylic acids is 1. The largest absolute Gasteiger partial charge is 0.496 e. The summed E-state index contributed by atoms with van der Waals surface area (Å²) < 4.78 is 7.28. The van der Waals surface area contributed by atoms with Gasteiger partial charge in [-0.25, -0.2) is 4.68 Å². The Morgan fingerprint density at radius 2 is 1.88 bits per heavy atom. The number of methoxy groups -OCH3 is 1. The molecule has 25 heavy (non-hydrogen) atoms. The van der Waals surface area contributed by atoms with Crippen LogP contribution in [0.5, 0.6) is 5.75 Å². The lowest BCUT2D eigenvalue weighted by atomic mass is 9.87. The number of hydrogen-bond donors (Lipinski definition) is 1. The van der Waals surface area contributed by atoms with E-state index in [0.29, 0.717) is 6.42 Å². The molecule has 1 amide bonds. The van der Waals surface area contributed by atoms with Crippen LogP contribution in [0.25, 0.3) is 5.69 Å². The van der Waals surface area contributed by atoms with E-state index in [1.807, 2.05) is 61.7 Å². The van der Waals surface area contributed by atoms with Gasteiger partial charge in [0.2, 0.25) is 5.91 Å². The minimum atomic E-state index is -0.0703. The summed E-state index contributed by atoms with van der Waals surface area (Å²) in [4.78, 5) is 12.4. The van der Waals surface area contributed by atoms with E-state index in [1.165, 1.54) is 5.56 Å². The number of para-hydroxylation sites is 1. The first-order chi connectivity index (χ1) is 12.2. The molecule has 1 atom stereocenters. The number of amides is 1. The van der Waals surface area contributed by atoms with E-state index in [9.17, 15) is 4.79 Å². The van der Waals surface area contributed by atoms with E-state index in [4.69, 9.17) is 4.74 Å². The van der Waals surface area contributed by atoms with Gasteiger partial charge in [-0.05, 0) is 25.1 Å². The van der Waals surface area contributed by atoms with Gasteiger partial charge in [-0.2, -0.15) is 5.10 Å². The summed E-state index contributed by atoms with van der Waals surface area (Å²) in [5.41, 5.74) is 4.11. The molecule has 3 aromatic rings. The smallest absolute Gasteiger partial charge is 0.226 e. The molecule has 1 aromatic heterocycles. The van der Waals surface area contributed by atoms with Crippen molar-refractivity contribution in [2.45, 2.75) is 19.3 Å². The van der Waals surface area contributed by atoms with Crippen molar-refractivity contribution in [1.82, 2.24) is 9.78 Å². The maximum atomic E-state index is 12.4. The molecule has 0 fully saturated rings. The molecular formula is C20H19N3O2. The lowest BCUT2D eigenvalue weighted by molar-refractivity contribution is -0.116. The number of hydrogen-bond acceptors (Lipinski definition) is 3. The van der Waals surface area contributed by atoms with Crippen molar-refractivity contribution in [1.29, 1.82) is 0 Å². The number of carbonyl (C=O) groups is 1. The monoisotopic (exact) mass is 333 g/mol. The van der Waals surface area contributed by atoms with E-state index in [-0.39, 0.29) is 11.8 Å². The molecule has 0 aliphatic carbocycles. The highest BCUT2D eigenvalue weighted by Gasteiger charge is 2.31. The van der Waals surface area contributed by atoms with Crippen LogP contribution in [0.4, 0.5) is 5.82 Å². The maximum Gasteiger partial charge on any atom is 0.226 e. The van der Waals surface area contributed by atoms with E-state index in [0.717, 1.165) is 28.4 Å². The van der Waals surface area contributed by atoms with Gasteiger partial charge in [0.05, 0.1) is 19.0 Å². The molecule has 0 spiro atoms. The number of aromatic nitrogens is 2. The third kappa shape index (κ3) is 2.67. The van der Waals surface area contributed by atoms with E-state index in [1.54, 1.807) is 11.8 Å². The van der Waals surface area contributed by atoms with E-state index >= 15 is 0 Å². The van der Waals surface area contributed by atoms with Crippen LogP contribution in [-0.2, 0) is 4.79 Å². The van der Waals surface area contributed by atoms with Crippen molar-refractivity contribution in [2.75, 3.05) is 12.4 Å². The van der Waals surface area contributed by atoms with Gasteiger partial charge in [-0.15, -0.1) is 0 Å². The Hall–Kier alpha value is -3.08. The molecule has 2 aromatic carbocycles. The lowest BCUT2D eigenvalue weighted by Gasteiger charge is -2.25. The maximum absolute atomic E-state index is 12.4. The fourth-order valence-corrected chi connectivity index (χ4v) is 3.33. The first-order valence-corrected chi connectivity index (χ1v) is 8.25. The summed E-state index contributed by atoms with van der Waals surface area (Å²) >= 11 is 0. The molecule has 0 bridgehead atoms. The van der Waals surface area contributed by atoms with Crippen LogP contribution in [-0.4, -0.2) is 22.8 Å². The van der Waals surface area contributed by atoms with Crippen LogP contribution in [0.2, 0.25) is 0 Å².